The van der Waals surface area contributed by atoms with E-state index in [0.717, 1.165) is 112 Å². The van der Waals surface area contributed by atoms with Crippen molar-refractivity contribution in [2.24, 2.45) is 0 Å². The van der Waals surface area contributed by atoms with Gasteiger partial charge in [-0.25, -0.2) is 0 Å². The molecule has 0 unspecified atom stereocenters. The molecule has 2 aliphatic heterocycles. The number of ether oxygens (including phenoxy) is 2. The van der Waals surface area contributed by atoms with Crippen molar-refractivity contribution >= 4 is 110 Å². The van der Waals surface area contributed by atoms with Crippen LogP contribution < -0.4 is 19.3 Å². The summed E-state index contributed by atoms with van der Waals surface area (Å²) in [4.78, 5) is 4.70. The lowest BCUT2D eigenvalue weighted by atomic mass is 9.92. The average Bonchev–Trinajstić information content (AvgIpc) is 3.96. The number of benzene rings is 12. The van der Waals surface area contributed by atoms with Crippen LogP contribution in [0.3, 0.4) is 0 Å². The highest BCUT2D eigenvalue weighted by Crippen LogP contribution is 2.54. The summed E-state index contributed by atoms with van der Waals surface area (Å²) in [6.45, 7) is 0. The SMILES string of the molecule is c1ccc2c(c1)Oc1ccccc1N2c1ccc2c3ccc(N4c5ccccc5Oc5ccccc54)cc3c3cc(-n4c5ccccc5c5ccccc54)c(-n4c5ccccc5c5ccccc54)cc3c2c1. The van der Waals surface area contributed by atoms with Crippen molar-refractivity contribution in [3.63, 3.8) is 0 Å². The van der Waals surface area contributed by atoms with Gasteiger partial charge in [-0.2, -0.15) is 0 Å². The molecule has 0 saturated carbocycles. The van der Waals surface area contributed by atoms with Crippen molar-refractivity contribution in [1.82, 2.24) is 9.13 Å². The normalized spacial score (nSPS) is 12.9. The van der Waals surface area contributed by atoms with E-state index in [1.165, 1.54) is 32.3 Å². The van der Waals surface area contributed by atoms with Crippen molar-refractivity contribution in [3.8, 4) is 34.4 Å². The van der Waals surface area contributed by atoms with Gasteiger partial charge in [-0.05, 0) is 142 Å². The molecule has 72 heavy (non-hydrogen) atoms. The number of hydrogen-bond acceptors (Lipinski definition) is 4. The van der Waals surface area contributed by atoms with E-state index < -0.39 is 0 Å². The third-order valence-electron chi connectivity index (χ3n) is 15.0. The van der Waals surface area contributed by atoms with Gasteiger partial charge in [0.25, 0.3) is 0 Å². The molecule has 0 fully saturated rings. The molecule has 0 spiro atoms. The van der Waals surface area contributed by atoms with E-state index in [9.17, 15) is 0 Å². The van der Waals surface area contributed by atoms with Crippen LogP contribution in [0.1, 0.15) is 0 Å². The summed E-state index contributed by atoms with van der Waals surface area (Å²) >= 11 is 0. The van der Waals surface area contributed by atoms with Crippen LogP contribution in [-0.2, 0) is 0 Å². The standard InChI is InChI=1S/C66H40N4O2/c1-5-21-53-45(17-1)46-18-2-6-22-54(46)69(53)61-39-51-49-37-41(67-57-25-9-13-29-63(57)71-64-30-14-10-26-58(64)67)33-35-43(49)44-36-34-42(68-59-27-11-15-31-65(59)72-66-32-16-12-28-60(66)68)38-50(44)52(51)40-62(61)70-55-23-7-3-19-47(55)48-20-4-8-24-56(48)70/h1-40H. The Bertz CT molecular complexity index is 4130. The van der Waals surface area contributed by atoms with Crippen LogP contribution in [0.25, 0.3) is 87.3 Å². The van der Waals surface area contributed by atoms with Gasteiger partial charge in [0, 0.05) is 32.9 Å². The van der Waals surface area contributed by atoms with Gasteiger partial charge in [-0.3, -0.25) is 0 Å². The number of para-hydroxylation sites is 12. The minimum Gasteiger partial charge on any atom is -0.453 e. The number of aromatic nitrogens is 2. The molecule has 2 aliphatic rings. The maximum atomic E-state index is 6.53. The van der Waals surface area contributed by atoms with E-state index in [1.807, 2.05) is 24.3 Å². The fraction of sp³-hybridized carbons (Fsp3) is 0. The lowest BCUT2D eigenvalue weighted by Gasteiger charge is -2.33. The molecule has 0 N–H and O–H groups in total. The second kappa shape index (κ2) is 14.9. The predicted octanol–water partition coefficient (Wildman–Crippen LogP) is 18.5. The van der Waals surface area contributed by atoms with Crippen LogP contribution in [0.4, 0.5) is 34.1 Å². The molecule has 0 bridgehead atoms. The van der Waals surface area contributed by atoms with Crippen molar-refractivity contribution in [2.75, 3.05) is 9.80 Å². The van der Waals surface area contributed by atoms with Crippen LogP contribution in [0.15, 0.2) is 243 Å². The lowest BCUT2D eigenvalue weighted by Crippen LogP contribution is -2.15. The number of rotatable bonds is 4. The molecule has 6 heteroatoms. The highest BCUT2D eigenvalue weighted by molar-refractivity contribution is 6.28. The Hall–Kier alpha value is -9.78. The zero-order valence-corrected chi connectivity index (χ0v) is 38.7. The topological polar surface area (TPSA) is 34.8 Å². The van der Waals surface area contributed by atoms with Gasteiger partial charge in [0.15, 0.2) is 23.0 Å². The Balaban J connectivity index is 1.07. The van der Waals surface area contributed by atoms with E-state index in [-0.39, 0.29) is 0 Å². The fourth-order valence-electron chi connectivity index (χ4n) is 12.0. The molecule has 0 amide bonds. The Labute approximate surface area is 413 Å². The van der Waals surface area contributed by atoms with E-state index in [1.54, 1.807) is 0 Å². The van der Waals surface area contributed by atoms with Crippen LogP contribution in [-0.4, -0.2) is 9.13 Å². The fourth-order valence-corrected chi connectivity index (χ4v) is 12.0. The molecule has 12 aromatic carbocycles. The van der Waals surface area contributed by atoms with Gasteiger partial charge in [0.2, 0.25) is 0 Å². The number of nitrogens with zero attached hydrogens (tertiary/aromatic N) is 4. The maximum absolute atomic E-state index is 6.53. The summed E-state index contributed by atoms with van der Waals surface area (Å²) in [5.74, 6) is 3.29. The van der Waals surface area contributed by atoms with Crippen molar-refractivity contribution < 1.29 is 9.47 Å². The van der Waals surface area contributed by atoms with Gasteiger partial charge in [0.05, 0.1) is 56.2 Å². The monoisotopic (exact) mass is 920 g/mol. The predicted molar refractivity (Wildman–Crippen MR) is 297 cm³/mol. The number of fused-ring (bicyclic) bond motifs is 16. The third-order valence-corrected chi connectivity index (χ3v) is 15.0. The average molecular weight is 921 g/mol. The molecular weight excluding hydrogens is 881 g/mol. The molecule has 0 radical (unpaired) electrons. The van der Waals surface area contributed by atoms with Crippen LogP contribution in [0, 0.1) is 0 Å². The third kappa shape index (κ3) is 5.49. The maximum Gasteiger partial charge on any atom is 0.151 e. The van der Waals surface area contributed by atoms with E-state index in [2.05, 4.69) is 237 Å². The Morgan fingerprint density at radius 1 is 0.208 bits per heavy atom. The summed E-state index contributed by atoms with van der Waals surface area (Å²) in [6, 6.07) is 87.6. The van der Waals surface area contributed by atoms with Gasteiger partial charge < -0.3 is 28.4 Å². The minimum atomic E-state index is 0.822. The van der Waals surface area contributed by atoms with Crippen molar-refractivity contribution in [2.45, 2.75) is 0 Å². The molecule has 14 aromatic rings. The Kier molecular flexibility index (Phi) is 8.07. The van der Waals surface area contributed by atoms with Crippen LogP contribution in [0.2, 0.25) is 0 Å². The largest absolute Gasteiger partial charge is 0.453 e. The highest BCUT2D eigenvalue weighted by atomic mass is 16.5. The zero-order chi connectivity index (χ0) is 47.0. The molecule has 0 saturated heterocycles. The summed E-state index contributed by atoms with van der Waals surface area (Å²) in [6.07, 6.45) is 0. The summed E-state index contributed by atoms with van der Waals surface area (Å²) in [7, 11) is 0. The molecular formula is C66H40N4O2. The van der Waals surface area contributed by atoms with Gasteiger partial charge >= 0.3 is 0 Å². The summed E-state index contributed by atoms with van der Waals surface area (Å²) in [5, 5.41) is 11.8. The van der Waals surface area contributed by atoms with Crippen LogP contribution in [0.5, 0.6) is 23.0 Å². The smallest absolute Gasteiger partial charge is 0.151 e. The highest BCUT2D eigenvalue weighted by Gasteiger charge is 2.29. The van der Waals surface area contributed by atoms with Crippen LogP contribution >= 0.6 is 0 Å². The minimum absolute atomic E-state index is 0.822. The summed E-state index contributed by atoms with van der Waals surface area (Å²) < 4.78 is 18.0. The first kappa shape index (κ1) is 39.1. The summed E-state index contributed by atoms with van der Waals surface area (Å²) in [5.41, 5.74) is 12.9. The zero-order valence-electron chi connectivity index (χ0n) is 38.7. The first-order chi connectivity index (χ1) is 35.7. The first-order valence-electron chi connectivity index (χ1n) is 24.5. The lowest BCUT2D eigenvalue weighted by molar-refractivity contribution is 0.477. The molecule has 2 aromatic heterocycles. The van der Waals surface area contributed by atoms with E-state index in [0.29, 0.717) is 0 Å². The molecule has 0 aliphatic carbocycles. The van der Waals surface area contributed by atoms with Crippen molar-refractivity contribution in [3.05, 3.63) is 243 Å². The first-order valence-corrected chi connectivity index (χ1v) is 24.5. The number of anilines is 6. The molecule has 6 nitrogen and oxygen atoms in total. The Morgan fingerprint density at radius 2 is 0.486 bits per heavy atom. The van der Waals surface area contributed by atoms with Gasteiger partial charge in [0.1, 0.15) is 0 Å². The second-order valence-electron chi connectivity index (χ2n) is 18.8. The molecule has 16 rings (SSSR count). The van der Waals surface area contributed by atoms with Crippen molar-refractivity contribution in [1.29, 1.82) is 0 Å². The Morgan fingerprint density at radius 3 is 0.819 bits per heavy atom. The van der Waals surface area contributed by atoms with E-state index in [4.69, 9.17) is 9.47 Å². The molecule has 4 heterocycles. The number of hydrogen-bond donors (Lipinski definition) is 0. The van der Waals surface area contributed by atoms with Gasteiger partial charge in [-0.15, -0.1) is 0 Å². The quantitative estimate of drug-likeness (QED) is 0.165. The van der Waals surface area contributed by atoms with E-state index >= 15 is 0 Å². The van der Waals surface area contributed by atoms with Gasteiger partial charge in [-0.1, -0.05) is 133 Å². The second-order valence-corrected chi connectivity index (χ2v) is 18.8. The molecule has 0 atom stereocenters. The molecule has 336 valence electrons.